The highest BCUT2D eigenvalue weighted by Crippen LogP contribution is 2.33. The number of hydrogen-bond acceptors (Lipinski definition) is 5. The second kappa shape index (κ2) is 9.11. The smallest absolute Gasteiger partial charge is 0.255 e. The van der Waals surface area contributed by atoms with Crippen molar-refractivity contribution in [2.75, 3.05) is 0 Å². The Balaban J connectivity index is 2.17. The minimum Gasteiger partial charge on any atom is -0.255 e. The highest BCUT2D eigenvalue weighted by Gasteiger charge is 2.30. The molecule has 3 aromatic heterocycles. The maximum absolute atomic E-state index is 15.2. The van der Waals surface area contributed by atoms with E-state index in [9.17, 15) is 18.4 Å². The Bertz CT molecular complexity index is 1920. The molecular formula is C26H7F5N4S2. The van der Waals surface area contributed by atoms with Gasteiger partial charge in [-0.1, -0.05) is 0 Å². The lowest BCUT2D eigenvalue weighted by molar-refractivity contribution is 0.376. The van der Waals surface area contributed by atoms with Crippen LogP contribution >= 0.6 is 22.7 Å². The molecule has 0 spiro atoms. The number of thiophene rings is 2. The SMILES string of the molecule is [C-]#[N+]/C(C#N)=c1/c2ccsc2/c(=C(\c2ccc(C#N)cn2)c2c(F)c(F)c(F)c(F)c2F)c2ccsc12. The Morgan fingerprint density at radius 1 is 0.811 bits per heavy atom. The molecule has 0 fully saturated rings. The van der Waals surface area contributed by atoms with Gasteiger partial charge in [-0.3, -0.25) is 4.98 Å². The van der Waals surface area contributed by atoms with E-state index >= 15 is 8.78 Å². The Hall–Kier alpha value is -4.63. The highest BCUT2D eigenvalue weighted by molar-refractivity contribution is 7.18. The lowest BCUT2D eigenvalue weighted by atomic mass is 9.94. The Morgan fingerprint density at radius 3 is 1.89 bits per heavy atom. The first-order valence-electron chi connectivity index (χ1n) is 10.1. The van der Waals surface area contributed by atoms with E-state index in [-0.39, 0.29) is 27.7 Å². The van der Waals surface area contributed by atoms with Crippen LogP contribution in [0.25, 0.3) is 36.3 Å². The van der Waals surface area contributed by atoms with Crippen LogP contribution in [0.1, 0.15) is 16.8 Å². The summed E-state index contributed by atoms with van der Waals surface area (Å²) in [6.07, 6.45) is 1.12. The van der Waals surface area contributed by atoms with E-state index in [1.165, 1.54) is 12.1 Å². The van der Waals surface area contributed by atoms with Crippen LogP contribution in [0.2, 0.25) is 0 Å². The third-order valence-electron chi connectivity index (χ3n) is 5.64. The van der Waals surface area contributed by atoms with Crippen LogP contribution in [0, 0.1) is 58.3 Å². The second-order valence-electron chi connectivity index (χ2n) is 7.51. The van der Waals surface area contributed by atoms with Crippen molar-refractivity contribution in [2.24, 2.45) is 0 Å². The van der Waals surface area contributed by atoms with Crippen molar-refractivity contribution in [2.45, 2.75) is 0 Å². The van der Waals surface area contributed by atoms with Gasteiger partial charge in [0, 0.05) is 37.0 Å². The molecule has 0 saturated carbocycles. The van der Waals surface area contributed by atoms with Crippen molar-refractivity contribution in [3.8, 4) is 12.1 Å². The molecule has 2 aromatic carbocycles. The fourth-order valence-corrected chi connectivity index (χ4v) is 6.01. The molecule has 0 atom stereocenters. The third-order valence-corrected chi connectivity index (χ3v) is 7.50. The lowest BCUT2D eigenvalue weighted by Gasteiger charge is -2.14. The molecule has 37 heavy (non-hydrogen) atoms. The van der Waals surface area contributed by atoms with Gasteiger partial charge >= 0.3 is 0 Å². The van der Waals surface area contributed by atoms with Gasteiger partial charge in [-0.2, -0.15) is 5.26 Å². The predicted octanol–water partition coefficient (Wildman–Crippen LogP) is 5.88. The maximum Gasteiger partial charge on any atom is 0.271 e. The monoisotopic (exact) mass is 534 g/mol. The van der Waals surface area contributed by atoms with Gasteiger partial charge < -0.3 is 0 Å². The summed E-state index contributed by atoms with van der Waals surface area (Å²) in [4.78, 5) is 7.42. The number of pyridine rings is 1. The summed E-state index contributed by atoms with van der Waals surface area (Å²) in [5, 5.41) is 23.1. The van der Waals surface area contributed by atoms with Crippen LogP contribution in [0.3, 0.4) is 0 Å². The van der Waals surface area contributed by atoms with Crippen LogP contribution < -0.4 is 10.4 Å². The molecule has 0 aliphatic carbocycles. The molecule has 0 amide bonds. The Morgan fingerprint density at radius 2 is 1.38 bits per heavy atom. The van der Waals surface area contributed by atoms with Crippen LogP contribution in [-0.2, 0) is 0 Å². The highest BCUT2D eigenvalue weighted by atomic mass is 32.1. The van der Waals surface area contributed by atoms with Crippen LogP contribution in [0.4, 0.5) is 22.0 Å². The standard InChI is InChI=1S/C26H7F5N4S2/c1-34-15(9-33)16-12-4-6-37-26(12)17(13-5-7-36-25(13)16)18(14-3-2-11(8-32)10-35-14)19-20(27)22(29)24(31)23(30)21(19)28/h2-7,10H/b16-15-,18-17+. The number of fused-ring (bicyclic) bond motifs is 2. The first-order chi connectivity index (χ1) is 17.8. The molecule has 5 aromatic rings. The summed E-state index contributed by atoms with van der Waals surface area (Å²) in [6, 6.07) is 9.47. The second-order valence-corrected chi connectivity index (χ2v) is 9.35. The average molecular weight is 534 g/mol. The molecule has 0 unspecified atom stereocenters. The summed E-state index contributed by atoms with van der Waals surface area (Å²) >= 11 is 2.26. The third kappa shape index (κ3) is 3.54. The van der Waals surface area contributed by atoms with Gasteiger partial charge in [0.1, 0.15) is 6.07 Å². The zero-order valence-corrected chi connectivity index (χ0v) is 19.7. The molecule has 0 radical (unpaired) electrons. The van der Waals surface area contributed by atoms with Gasteiger partial charge in [0.25, 0.3) is 5.70 Å². The van der Waals surface area contributed by atoms with Crippen molar-refractivity contribution in [3.05, 3.63) is 109 Å². The molecule has 11 heteroatoms. The molecule has 0 N–H and O–H groups in total. The van der Waals surface area contributed by atoms with E-state index in [2.05, 4.69) is 9.83 Å². The average Bonchev–Trinajstić information content (AvgIpc) is 3.60. The molecule has 0 bridgehead atoms. The largest absolute Gasteiger partial charge is 0.271 e. The molecule has 0 aliphatic heterocycles. The van der Waals surface area contributed by atoms with Crippen molar-refractivity contribution in [1.82, 2.24) is 4.98 Å². The number of hydrogen-bond donors (Lipinski definition) is 0. The first kappa shape index (κ1) is 24.1. The first-order valence-corrected chi connectivity index (χ1v) is 11.9. The summed E-state index contributed by atoms with van der Waals surface area (Å²) in [6.45, 7) is 7.44. The molecule has 3 heterocycles. The minimum atomic E-state index is -2.30. The zero-order valence-electron chi connectivity index (χ0n) is 18.0. The van der Waals surface area contributed by atoms with Gasteiger partial charge in [0.05, 0.1) is 29.5 Å². The molecule has 0 saturated heterocycles. The van der Waals surface area contributed by atoms with Crippen LogP contribution in [-0.4, -0.2) is 4.98 Å². The number of aromatic nitrogens is 1. The van der Waals surface area contributed by atoms with Gasteiger partial charge in [-0.05, 0) is 40.4 Å². The molecule has 5 rings (SSSR count). The van der Waals surface area contributed by atoms with Gasteiger partial charge in [-0.15, -0.1) is 22.7 Å². The summed E-state index contributed by atoms with van der Waals surface area (Å²) in [5.41, 5.74) is -1.81. The van der Waals surface area contributed by atoms with E-state index in [1.54, 1.807) is 22.9 Å². The van der Waals surface area contributed by atoms with Gasteiger partial charge in [0.2, 0.25) is 5.82 Å². The summed E-state index contributed by atoms with van der Waals surface area (Å²) < 4.78 is 73.9. The van der Waals surface area contributed by atoms with E-state index in [1.807, 2.05) is 12.1 Å². The zero-order chi connectivity index (χ0) is 26.4. The van der Waals surface area contributed by atoms with Crippen LogP contribution in [0.15, 0.2) is 41.2 Å². The van der Waals surface area contributed by atoms with Crippen LogP contribution in [0.5, 0.6) is 0 Å². The Kier molecular flexibility index (Phi) is 5.93. The number of halogens is 5. The van der Waals surface area contributed by atoms with E-state index in [0.29, 0.717) is 25.4 Å². The van der Waals surface area contributed by atoms with Crippen molar-refractivity contribution in [3.63, 3.8) is 0 Å². The topological polar surface area (TPSA) is 64.8 Å². The normalized spacial score (nSPS) is 12.7. The molecule has 4 nitrogen and oxygen atoms in total. The summed E-state index contributed by atoms with van der Waals surface area (Å²) in [5.74, 6) is -10.6. The number of rotatable bonds is 2. The summed E-state index contributed by atoms with van der Waals surface area (Å²) in [7, 11) is 0. The maximum atomic E-state index is 15.2. The fourth-order valence-electron chi connectivity index (χ4n) is 4.08. The van der Waals surface area contributed by atoms with Crippen molar-refractivity contribution >= 4 is 54.1 Å². The van der Waals surface area contributed by atoms with Crippen molar-refractivity contribution in [1.29, 1.82) is 10.5 Å². The number of nitrogens with zero attached hydrogens (tertiary/aromatic N) is 4. The lowest BCUT2D eigenvalue weighted by Crippen LogP contribution is -2.19. The minimum absolute atomic E-state index is 0.114. The molecule has 178 valence electrons. The van der Waals surface area contributed by atoms with E-state index < -0.39 is 34.6 Å². The molecular weight excluding hydrogens is 527 g/mol. The predicted molar refractivity (Wildman–Crippen MR) is 129 cm³/mol. The van der Waals surface area contributed by atoms with Gasteiger partial charge in [0.15, 0.2) is 23.3 Å². The number of benzene rings is 2. The van der Waals surface area contributed by atoms with E-state index in [4.69, 9.17) is 11.8 Å². The van der Waals surface area contributed by atoms with E-state index in [0.717, 1.165) is 28.9 Å². The quantitative estimate of drug-likeness (QED) is 0.123. The fraction of sp³-hybridized carbons (Fsp3) is 0. The van der Waals surface area contributed by atoms with Crippen molar-refractivity contribution < 1.29 is 22.0 Å². The number of nitriles is 2. The van der Waals surface area contributed by atoms with Gasteiger partial charge in [-0.25, -0.2) is 32.1 Å². The molecule has 0 aliphatic rings. The Labute approximate surface area is 212 Å².